The third-order valence-electron chi connectivity index (χ3n) is 3.21. The molecule has 8 heteroatoms. The predicted octanol–water partition coefficient (Wildman–Crippen LogP) is 1.38. The highest BCUT2D eigenvalue weighted by atomic mass is 79.9. The zero-order valence-electron chi connectivity index (χ0n) is 10.4. The van der Waals surface area contributed by atoms with Crippen molar-refractivity contribution in [3.8, 4) is 0 Å². The molecule has 1 aromatic heterocycles. The van der Waals surface area contributed by atoms with E-state index >= 15 is 0 Å². The quantitative estimate of drug-likeness (QED) is 0.834. The van der Waals surface area contributed by atoms with Gasteiger partial charge in [-0.15, -0.1) is 0 Å². The molecular weight excluding hydrogens is 338 g/mol. The Kier molecular flexibility index (Phi) is 4.67. The van der Waals surface area contributed by atoms with Crippen molar-refractivity contribution in [1.29, 1.82) is 0 Å². The maximum absolute atomic E-state index is 12.3. The molecule has 108 valence electrons. The lowest BCUT2D eigenvalue weighted by atomic mass is 10.2. The summed E-state index contributed by atoms with van der Waals surface area (Å²) in [5.74, 6) is 0.196. The van der Waals surface area contributed by atoms with Gasteiger partial charge in [0.05, 0.1) is 6.10 Å². The van der Waals surface area contributed by atoms with Crippen LogP contribution in [0.25, 0.3) is 0 Å². The van der Waals surface area contributed by atoms with Crippen LogP contribution in [0.4, 0.5) is 0 Å². The van der Waals surface area contributed by atoms with Gasteiger partial charge in [-0.2, -0.15) is 0 Å². The van der Waals surface area contributed by atoms with Gasteiger partial charge in [0.2, 0.25) is 10.0 Å². The van der Waals surface area contributed by atoms with Crippen LogP contribution in [-0.2, 0) is 21.4 Å². The number of nitrogens with one attached hydrogen (secondary N) is 1. The van der Waals surface area contributed by atoms with Gasteiger partial charge in [-0.05, 0) is 35.2 Å². The van der Waals surface area contributed by atoms with E-state index in [0.717, 1.165) is 19.3 Å². The standard InChI is InChI=1S/C11H16BrNO5S/c1-17-9-4-2-3-8(9)13-19(15,16)10-5-7(6-14)18-11(10)12/h5,8-9,13-14H,2-4,6H2,1H3. The average molecular weight is 354 g/mol. The Bertz CT molecular complexity index is 541. The molecule has 2 N–H and O–H groups in total. The van der Waals surface area contributed by atoms with Crippen molar-refractivity contribution in [2.75, 3.05) is 7.11 Å². The van der Waals surface area contributed by atoms with Crippen molar-refractivity contribution >= 4 is 26.0 Å². The fourth-order valence-corrected chi connectivity index (χ4v) is 4.56. The van der Waals surface area contributed by atoms with Gasteiger partial charge < -0.3 is 14.3 Å². The topological polar surface area (TPSA) is 88.8 Å². The van der Waals surface area contributed by atoms with Gasteiger partial charge in [-0.25, -0.2) is 13.1 Å². The highest BCUT2D eigenvalue weighted by molar-refractivity contribution is 9.10. The van der Waals surface area contributed by atoms with Crippen molar-refractivity contribution in [2.45, 2.75) is 42.9 Å². The van der Waals surface area contributed by atoms with Gasteiger partial charge in [-0.3, -0.25) is 0 Å². The molecule has 2 atom stereocenters. The summed E-state index contributed by atoms with van der Waals surface area (Å²) in [4.78, 5) is -0.00157. The Balaban J connectivity index is 2.20. The van der Waals surface area contributed by atoms with Crippen LogP contribution in [0.3, 0.4) is 0 Å². The molecule has 1 fully saturated rings. The molecule has 1 heterocycles. The molecule has 1 saturated carbocycles. The number of hydrogen-bond acceptors (Lipinski definition) is 5. The molecule has 0 aromatic carbocycles. The molecule has 2 unspecified atom stereocenters. The maximum Gasteiger partial charge on any atom is 0.245 e. The normalized spacial score (nSPS) is 23.9. The number of halogens is 1. The molecule has 0 bridgehead atoms. The number of hydrogen-bond donors (Lipinski definition) is 2. The van der Waals surface area contributed by atoms with Crippen LogP contribution < -0.4 is 4.72 Å². The predicted molar refractivity (Wildman–Crippen MR) is 71.1 cm³/mol. The number of rotatable bonds is 5. The Morgan fingerprint density at radius 2 is 2.32 bits per heavy atom. The summed E-state index contributed by atoms with van der Waals surface area (Å²) in [5.41, 5.74) is 0. The summed E-state index contributed by atoms with van der Waals surface area (Å²) in [6, 6.07) is 1.08. The Labute approximate surface area is 120 Å². The average Bonchev–Trinajstić information content (AvgIpc) is 2.95. The summed E-state index contributed by atoms with van der Waals surface area (Å²) in [6.07, 6.45) is 2.43. The van der Waals surface area contributed by atoms with Crippen molar-refractivity contribution < 1.29 is 22.7 Å². The second-order valence-corrected chi connectivity index (χ2v) is 6.84. The summed E-state index contributed by atoms with van der Waals surface area (Å²) in [5, 5.41) is 8.96. The van der Waals surface area contributed by atoms with Gasteiger partial charge in [0.15, 0.2) is 4.67 Å². The van der Waals surface area contributed by atoms with Gasteiger partial charge in [0, 0.05) is 19.2 Å². The molecule has 0 spiro atoms. The molecule has 0 saturated heterocycles. The highest BCUT2D eigenvalue weighted by Crippen LogP contribution is 2.28. The van der Waals surface area contributed by atoms with E-state index in [4.69, 9.17) is 14.3 Å². The van der Waals surface area contributed by atoms with E-state index in [1.54, 1.807) is 7.11 Å². The first-order valence-electron chi connectivity index (χ1n) is 5.92. The third kappa shape index (κ3) is 3.19. The van der Waals surface area contributed by atoms with Gasteiger partial charge in [-0.1, -0.05) is 0 Å². The van der Waals surface area contributed by atoms with Crippen molar-refractivity contribution in [1.82, 2.24) is 4.72 Å². The van der Waals surface area contributed by atoms with Crippen molar-refractivity contribution in [2.24, 2.45) is 0 Å². The first kappa shape index (κ1) is 15.0. The first-order chi connectivity index (χ1) is 8.97. The largest absolute Gasteiger partial charge is 0.450 e. The van der Waals surface area contributed by atoms with E-state index in [1.807, 2.05) is 0 Å². The van der Waals surface area contributed by atoms with Crippen molar-refractivity contribution in [3.05, 3.63) is 16.5 Å². The molecule has 0 amide bonds. The summed E-state index contributed by atoms with van der Waals surface area (Å²) >= 11 is 3.05. The molecule has 0 aliphatic heterocycles. The maximum atomic E-state index is 12.3. The monoisotopic (exact) mass is 353 g/mol. The SMILES string of the molecule is COC1CCCC1NS(=O)(=O)c1cc(CO)oc1Br. The van der Waals surface area contributed by atoms with Crippen molar-refractivity contribution in [3.63, 3.8) is 0 Å². The van der Waals surface area contributed by atoms with Crippen LogP contribution in [0.5, 0.6) is 0 Å². The lowest BCUT2D eigenvalue weighted by Gasteiger charge is -2.19. The van der Waals surface area contributed by atoms with Gasteiger partial charge in [0.1, 0.15) is 17.3 Å². The third-order valence-corrected chi connectivity index (χ3v) is 5.56. The van der Waals surface area contributed by atoms with E-state index in [-0.39, 0.29) is 34.1 Å². The number of aliphatic hydroxyl groups is 1. The molecule has 6 nitrogen and oxygen atoms in total. The molecule has 19 heavy (non-hydrogen) atoms. The van der Waals surface area contributed by atoms with Crippen LogP contribution in [0, 0.1) is 0 Å². The van der Waals surface area contributed by atoms with E-state index < -0.39 is 10.0 Å². The minimum Gasteiger partial charge on any atom is -0.450 e. The van der Waals surface area contributed by atoms with E-state index in [9.17, 15) is 8.42 Å². The summed E-state index contributed by atoms with van der Waals surface area (Å²) < 4.78 is 37.6. The Hall–Kier alpha value is -0.410. The second-order valence-electron chi connectivity index (χ2n) is 4.44. The minimum atomic E-state index is -3.69. The van der Waals surface area contributed by atoms with E-state index in [2.05, 4.69) is 20.7 Å². The van der Waals surface area contributed by atoms with Crippen LogP contribution in [-0.4, -0.2) is 32.8 Å². The molecular formula is C11H16BrNO5S. The van der Waals surface area contributed by atoms with Crippen LogP contribution in [0.2, 0.25) is 0 Å². The number of methoxy groups -OCH3 is 1. The molecule has 1 aliphatic carbocycles. The van der Waals surface area contributed by atoms with E-state index in [0.29, 0.717) is 0 Å². The Morgan fingerprint density at radius 3 is 2.89 bits per heavy atom. The molecule has 0 radical (unpaired) electrons. The van der Waals surface area contributed by atoms with Gasteiger partial charge >= 0.3 is 0 Å². The molecule has 2 rings (SSSR count). The number of aliphatic hydroxyl groups excluding tert-OH is 1. The zero-order valence-corrected chi connectivity index (χ0v) is 12.8. The number of furan rings is 1. The van der Waals surface area contributed by atoms with Crippen LogP contribution >= 0.6 is 15.9 Å². The smallest absolute Gasteiger partial charge is 0.245 e. The fraction of sp³-hybridized carbons (Fsp3) is 0.636. The van der Waals surface area contributed by atoms with Gasteiger partial charge in [0.25, 0.3) is 0 Å². The van der Waals surface area contributed by atoms with Crippen LogP contribution in [0.1, 0.15) is 25.0 Å². The lowest BCUT2D eigenvalue weighted by molar-refractivity contribution is 0.0916. The zero-order chi connectivity index (χ0) is 14.0. The molecule has 1 aliphatic rings. The van der Waals surface area contributed by atoms with Crippen LogP contribution in [0.15, 0.2) is 20.0 Å². The second kappa shape index (κ2) is 5.92. The number of sulfonamides is 1. The lowest BCUT2D eigenvalue weighted by Crippen LogP contribution is -2.40. The number of ether oxygens (including phenoxy) is 1. The minimum absolute atomic E-state index is 0.00157. The highest BCUT2D eigenvalue weighted by Gasteiger charge is 2.33. The molecule has 1 aromatic rings. The summed E-state index contributed by atoms with van der Waals surface area (Å²) in [7, 11) is -2.11. The first-order valence-corrected chi connectivity index (χ1v) is 8.19. The van der Waals surface area contributed by atoms with E-state index in [1.165, 1.54) is 6.07 Å². The Morgan fingerprint density at radius 1 is 1.58 bits per heavy atom. The fourth-order valence-electron chi connectivity index (χ4n) is 2.26. The summed E-state index contributed by atoms with van der Waals surface area (Å²) in [6.45, 7) is -0.349.